The van der Waals surface area contributed by atoms with Gasteiger partial charge in [0.1, 0.15) is 11.5 Å². The molecule has 0 atom stereocenters. The van der Waals surface area contributed by atoms with Crippen molar-refractivity contribution >= 4 is 75.1 Å². The molecular weight excluding hydrogens is 465 g/mol. The Morgan fingerprint density at radius 1 is 1.10 bits per heavy atom. The second kappa shape index (κ2) is 8.28. The van der Waals surface area contributed by atoms with Crippen molar-refractivity contribution in [1.82, 2.24) is 0 Å². The summed E-state index contributed by atoms with van der Waals surface area (Å²) < 4.78 is 6.17. The molecule has 0 radical (unpaired) electrons. The molecule has 1 N–H and O–H groups in total. The van der Waals surface area contributed by atoms with Crippen LogP contribution >= 0.6 is 47.2 Å². The van der Waals surface area contributed by atoms with Crippen molar-refractivity contribution in [2.24, 2.45) is 0 Å². The molecule has 1 amide bonds. The van der Waals surface area contributed by atoms with Crippen molar-refractivity contribution < 1.29 is 19.1 Å². The highest BCUT2D eigenvalue weighted by Crippen LogP contribution is 2.38. The summed E-state index contributed by atoms with van der Waals surface area (Å²) in [5.74, 6) is -0.372. The lowest BCUT2D eigenvalue weighted by Crippen LogP contribution is -2.27. The summed E-state index contributed by atoms with van der Waals surface area (Å²) in [6.07, 6.45) is 1.60. The number of furan rings is 1. The average molecular weight is 476 g/mol. The second-order valence-corrected chi connectivity index (χ2v) is 8.63. The molecule has 3 aromatic rings. The minimum atomic E-state index is -1.04. The first-order valence-corrected chi connectivity index (χ1v) is 10.5. The first-order valence-electron chi connectivity index (χ1n) is 8.50. The number of halogens is 2. The molecule has 2 aromatic carbocycles. The van der Waals surface area contributed by atoms with E-state index in [-0.39, 0.29) is 11.5 Å². The summed E-state index contributed by atoms with van der Waals surface area (Å²) in [5.41, 5.74) is 1.27. The molecule has 5 nitrogen and oxygen atoms in total. The molecule has 1 fully saturated rings. The number of nitrogens with zero attached hydrogens (tertiary/aromatic N) is 1. The fraction of sp³-hybridized carbons (Fsp3) is 0. The van der Waals surface area contributed by atoms with Gasteiger partial charge < -0.3 is 9.52 Å². The van der Waals surface area contributed by atoms with Gasteiger partial charge in [0, 0.05) is 11.6 Å². The Hall–Kier alpha value is -2.58. The number of rotatable bonds is 4. The smallest absolute Gasteiger partial charge is 0.335 e. The zero-order valence-corrected chi connectivity index (χ0v) is 18.1. The molecule has 150 valence electrons. The van der Waals surface area contributed by atoms with E-state index < -0.39 is 5.97 Å². The molecule has 0 saturated carbocycles. The number of carbonyl (C=O) groups is 2. The maximum absolute atomic E-state index is 12.9. The molecule has 4 rings (SSSR count). The summed E-state index contributed by atoms with van der Waals surface area (Å²) in [7, 11) is 0. The van der Waals surface area contributed by atoms with Crippen LogP contribution in [0, 0.1) is 0 Å². The largest absolute Gasteiger partial charge is 0.478 e. The SMILES string of the molecule is O=C(O)c1ccc(N2C(=O)/C(=C/c3ccc(-c4cccc(Cl)c4Cl)o3)SC2=S)cc1. The van der Waals surface area contributed by atoms with Gasteiger partial charge in [0.05, 0.1) is 26.2 Å². The number of thioether (sulfide) groups is 1. The molecule has 0 aliphatic carbocycles. The van der Waals surface area contributed by atoms with E-state index in [2.05, 4.69) is 0 Å². The zero-order valence-electron chi connectivity index (χ0n) is 15.0. The Balaban J connectivity index is 1.60. The lowest BCUT2D eigenvalue weighted by atomic mass is 10.2. The molecule has 9 heteroatoms. The lowest BCUT2D eigenvalue weighted by Gasteiger charge is -2.14. The maximum atomic E-state index is 12.9. The van der Waals surface area contributed by atoms with Crippen LogP contribution in [0.15, 0.2) is 63.9 Å². The standard InChI is InChI=1S/C21H11Cl2NO4S2/c22-15-3-1-2-14(18(15)23)16-9-8-13(28-16)10-17-19(25)24(21(29)30-17)12-6-4-11(5-7-12)20(26)27/h1-10H,(H,26,27)/b17-10-. The predicted molar refractivity (Wildman–Crippen MR) is 123 cm³/mol. The van der Waals surface area contributed by atoms with Crippen molar-refractivity contribution in [1.29, 1.82) is 0 Å². The summed E-state index contributed by atoms with van der Waals surface area (Å²) >= 11 is 18.8. The van der Waals surface area contributed by atoms with E-state index in [1.807, 2.05) is 0 Å². The van der Waals surface area contributed by atoms with Crippen LogP contribution < -0.4 is 4.90 Å². The highest BCUT2D eigenvalue weighted by Gasteiger charge is 2.33. The summed E-state index contributed by atoms with van der Waals surface area (Å²) in [4.78, 5) is 25.6. The van der Waals surface area contributed by atoms with Crippen LogP contribution in [0.3, 0.4) is 0 Å². The van der Waals surface area contributed by atoms with Gasteiger partial charge in [0.25, 0.3) is 5.91 Å². The van der Waals surface area contributed by atoms with Gasteiger partial charge in [-0.05, 0) is 48.5 Å². The average Bonchev–Trinajstić information content (AvgIpc) is 3.28. The van der Waals surface area contributed by atoms with Gasteiger partial charge in [0.15, 0.2) is 4.32 Å². The molecule has 0 spiro atoms. The maximum Gasteiger partial charge on any atom is 0.335 e. The van der Waals surface area contributed by atoms with Crippen molar-refractivity contribution in [2.45, 2.75) is 0 Å². The fourth-order valence-corrected chi connectivity index (χ4v) is 4.51. The number of carbonyl (C=O) groups excluding carboxylic acids is 1. The van der Waals surface area contributed by atoms with Crippen molar-refractivity contribution in [3.63, 3.8) is 0 Å². The van der Waals surface area contributed by atoms with E-state index in [1.165, 1.54) is 17.0 Å². The molecule has 2 heterocycles. The van der Waals surface area contributed by atoms with E-state index in [1.54, 1.807) is 48.5 Å². The number of thiocarbonyl (C=S) groups is 1. The van der Waals surface area contributed by atoms with Gasteiger partial charge in [-0.1, -0.05) is 53.2 Å². The fourth-order valence-electron chi connectivity index (χ4n) is 2.84. The molecule has 0 unspecified atom stereocenters. The van der Waals surface area contributed by atoms with Crippen molar-refractivity contribution in [3.8, 4) is 11.3 Å². The Morgan fingerprint density at radius 2 is 1.83 bits per heavy atom. The first kappa shape index (κ1) is 20.7. The van der Waals surface area contributed by atoms with Crippen LogP contribution in [0.4, 0.5) is 5.69 Å². The predicted octanol–water partition coefficient (Wildman–Crippen LogP) is 6.36. The Morgan fingerprint density at radius 3 is 2.53 bits per heavy atom. The number of hydrogen-bond donors (Lipinski definition) is 1. The summed E-state index contributed by atoms with van der Waals surface area (Å²) in [6, 6.07) is 14.7. The molecule has 1 aliphatic rings. The minimum absolute atomic E-state index is 0.127. The Kier molecular flexibility index (Phi) is 5.71. The molecule has 1 saturated heterocycles. The summed E-state index contributed by atoms with van der Waals surface area (Å²) in [5, 5.41) is 9.83. The lowest BCUT2D eigenvalue weighted by molar-refractivity contribution is -0.113. The Bertz CT molecular complexity index is 1220. The van der Waals surface area contributed by atoms with Gasteiger partial charge >= 0.3 is 5.97 Å². The first-order chi connectivity index (χ1) is 14.3. The van der Waals surface area contributed by atoms with Crippen LogP contribution in [-0.4, -0.2) is 21.3 Å². The normalized spacial score (nSPS) is 15.3. The van der Waals surface area contributed by atoms with Crippen LogP contribution in [0.25, 0.3) is 17.4 Å². The van der Waals surface area contributed by atoms with E-state index in [0.717, 1.165) is 11.8 Å². The number of anilines is 1. The third kappa shape index (κ3) is 3.89. The number of amides is 1. The molecule has 1 aliphatic heterocycles. The van der Waals surface area contributed by atoms with E-state index in [9.17, 15) is 9.59 Å². The number of aromatic carboxylic acids is 1. The number of benzene rings is 2. The van der Waals surface area contributed by atoms with Crippen LogP contribution in [0.1, 0.15) is 16.1 Å². The van der Waals surface area contributed by atoms with Gasteiger partial charge in [-0.15, -0.1) is 0 Å². The van der Waals surface area contributed by atoms with Gasteiger partial charge in [-0.2, -0.15) is 0 Å². The molecule has 30 heavy (non-hydrogen) atoms. The van der Waals surface area contributed by atoms with Crippen LogP contribution in [-0.2, 0) is 4.79 Å². The Labute approximate surface area is 190 Å². The number of hydrogen-bond acceptors (Lipinski definition) is 5. The van der Waals surface area contributed by atoms with Crippen molar-refractivity contribution in [3.05, 3.63) is 80.9 Å². The van der Waals surface area contributed by atoms with E-state index in [0.29, 0.717) is 42.0 Å². The van der Waals surface area contributed by atoms with E-state index in [4.69, 9.17) is 44.9 Å². The second-order valence-electron chi connectivity index (χ2n) is 6.17. The third-order valence-corrected chi connectivity index (χ3v) is 6.40. The monoisotopic (exact) mass is 475 g/mol. The van der Waals surface area contributed by atoms with Gasteiger partial charge in [-0.3, -0.25) is 9.69 Å². The zero-order chi connectivity index (χ0) is 21.4. The number of carboxylic acid groups (broad SMARTS) is 1. The number of carboxylic acids is 1. The minimum Gasteiger partial charge on any atom is -0.478 e. The van der Waals surface area contributed by atoms with Gasteiger partial charge in [0.2, 0.25) is 0 Å². The molecule has 0 bridgehead atoms. The van der Waals surface area contributed by atoms with E-state index >= 15 is 0 Å². The molecular formula is C21H11Cl2NO4S2. The molecule has 1 aromatic heterocycles. The highest BCUT2D eigenvalue weighted by molar-refractivity contribution is 8.27. The third-order valence-electron chi connectivity index (χ3n) is 4.28. The van der Waals surface area contributed by atoms with Crippen molar-refractivity contribution in [2.75, 3.05) is 4.90 Å². The highest BCUT2D eigenvalue weighted by atomic mass is 35.5. The summed E-state index contributed by atoms with van der Waals surface area (Å²) in [6.45, 7) is 0. The van der Waals surface area contributed by atoms with Gasteiger partial charge in [-0.25, -0.2) is 4.79 Å². The quantitative estimate of drug-likeness (QED) is 0.349. The van der Waals surface area contributed by atoms with Crippen LogP contribution in [0.5, 0.6) is 0 Å². The topological polar surface area (TPSA) is 70.8 Å². The van der Waals surface area contributed by atoms with Crippen LogP contribution in [0.2, 0.25) is 10.0 Å².